The van der Waals surface area contributed by atoms with Crippen LogP contribution in [0.4, 0.5) is 8.78 Å². The van der Waals surface area contributed by atoms with Crippen molar-refractivity contribution in [1.29, 1.82) is 0 Å². The van der Waals surface area contributed by atoms with Crippen molar-refractivity contribution < 1.29 is 21.9 Å². The van der Waals surface area contributed by atoms with Crippen LogP contribution in [0.2, 0.25) is 0 Å². The molecule has 1 aromatic carbocycles. The molecule has 3 unspecified atom stereocenters. The summed E-state index contributed by atoms with van der Waals surface area (Å²) in [5.41, 5.74) is 8.37. The number of ether oxygens (including phenoxy) is 1. The molecule has 0 radical (unpaired) electrons. The topological polar surface area (TPSA) is 75.9 Å². The molecule has 160 valence electrons. The number of rotatable bonds is 4. The van der Waals surface area contributed by atoms with E-state index >= 15 is 0 Å². The average Bonchev–Trinajstić information content (AvgIpc) is 3.25. The first-order valence-corrected chi connectivity index (χ1v) is 11.5. The Labute approximate surface area is 170 Å². The summed E-state index contributed by atoms with van der Waals surface area (Å²) in [5, 5.41) is -0.461. The molecule has 2 N–H and O–H groups in total. The molecule has 0 amide bonds. The standard InChI is InChI=1S/C20H27F2N3O3S/c1-12(2)29(26,27)25-8-6-18-19(25)5-7-24(18)14-10-17(23)20(28-11-14)15-9-13(21)3-4-16(15)22/h3-4,9,12,14,17,20H,5-8,10-11,23H2,1-2H3. The first kappa shape index (κ1) is 20.6. The smallest absolute Gasteiger partial charge is 0.237 e. The van der Waals surface area contributed by atoms with E-state index in [4.69, 9.17) is 10.5 Å². The van der Waals surface area contributed by atoms with Crippen LogP contribution >= 0.6 is 0 Å². The largest absolute Gasteiger partial charge is 0.370 e. The third-order valence-electron chi connectivity index (χ3n) is 6.13. The normalized spacial score (nSPS) is 27.9. The maximum atomic E-state index is 14.1. The van der Waals surface area contributed by atoms with Crippen molar-refractivity contribution in [3.05, 3.63) is 46.8 Å². The summed E-state index contributed by atoms with van der Waals surface area (Å²) < 4.78 is 60.4. The van der Waals surface area contributed by atoms with Gasteiger partial charge in [0.1, 0.15) is 17.7 Å². The number of nitrogens with two attached hydrogens (primary N) is 1. The Morgan fingerprint density at radius 2 is 1.90 bits per heavy atom. The Morgan fingerprint density at radius 3 is 2.59 bits per heavy atom. The zero-order chi connectivity index (χ0) is 20.9. The van der Waals surface area contributed by atoms with E-state index in [1.807, 2.05) is 0 Å². The Kier molecular flexibility index (Phi) is 5.33. The fourth-order valence-electron chi connectivity index (χ4n) is 4.62. The first-order chi connectivity index (χ1) is 13.7. The van der Waals surface area contributed by atoms with Gasteiger partial charge in [-0.15, -0.1) is 0 Å². The van der Waals surface area contributed by atoms with Gasteiger partial charge in [0.2, 0.25) is 10.0 Å². The molecule has 3 aliphatic heterocycles. The fraction of sp³-hybridized carbons (Fsp3) is 0.600. The minimum atomic E-state index is -3.33. The fourth-order valence-corrected chi connectivity index (χ4v) is 5.98. The van der Waals surface area contributed by atoms with E-state index in [2.05, 4.69) is 4.90 Å². The van der Waals surface area contributed by atoms with Crippen LogP contribution in [-0.4, -0.2) is 54.7 Å². The maximum Gasteiger partial charge on any atom is 0.237 e. The van der Waals surface area contributed by atoms with Crippen molar-refractivity contribution in [2.24, 2.45) is 5.73 Å². The monoisotopic (exact) mass is 427 g/mol. The van der Waals surface area contributed by atoms with Crippen molar-refractivity contribution in [3.63, 3.8) is 0 Å². The number of nitrogens with zero attached hydrogens (tertiary/aromatic N) is 2. The minimum Gasteiger partial charge on any atom is -0.370 e. The molecule has 6 nitrogen and oxygen atoms in total. The molecule has 0 aliphatic carbocycles. The number of sulfonamides is 1. The van der Waals surface area contributed by atoms with Gasteiger partial charge in [0.25, 0.3) is 0 Å². The predicted octanol–water partition coefficient (Wildman–Crippen LogP) is 2.48. The lowest BCUT2D eigenvalue weighted by Crippen LogP contribution is -2.48. The van der Waals surface area contributed by atoms with Gasteiger partial charge in [0.15, 0.2) is 0 Å². The van der Waals surface area contributed by atoms with Crippen molar-refractivity contribution in [3.8, 4) is 0 Å². The predicted molar refractivity (Wildman–Crippen MR) is 105 cm³/mol. The van der Waals surface area contributed by atoms with Crippen LogP contribution < -0.4 is 5.73 Å². The lowest BCUT2D eigenvalue weighted by Gasteiger charge is -2.40. The van der Waals surface area contributed by atoms with E-state index in [9.17, 15) is 17.2 Å². The quantitative estimate of drug-likeness (QED) is 0.799. The highest BCUT2D eigenvalue weighted by atomic mass is 32.2. The van der Waals surface area contributed by atoms with Gasteiger partial charge >= 0.3 is 0 Å². The second-order valence-corrected chi connectivity index (χ2v) is 10.6. The summed E-state index contributed by atoms with van der Waals surface area (Å²) in [7, 11) is -3.33. The van der Waals surface area contributed by atoms with Crippen LogP contribution in [0.3, 0.4) is 0 Å². The zero-order valence-corrected chi connectivity index (χ0v) is 17.5. The van der Waals surface area contributed by atoms with Crippen LogP contribution in [0.5, 0.6) is 0 Å². The van der Waals surface area contributed by atoms with E-state index < -0.39 is 39.1 Å². The molecular formula is C20H27F2N3O3S. The highest BCUT2D eigenvalue weighted by molar-refractivity contribution is 7.89. The Morgan fingerprint density at radius 1 is 1.17 bits per heavy atom. The van der Waals surface area contributed by atoms with Crippen LogP contribution in [0.15, 0.2) is 29.6 Å². The van der Waals surface area contributed by atoms with Gasteiger partial charge in [-0.1, -0.05) is 0 Å². The van der Waals surface area contributed by atoms with E-state index in [-0.39, 0.29) is 11.6 Å². The number of hydrogen-bond donors (Lipinski definition) is 1. The number of halogens is 2. The summed E-state index contributed by atoms with van der Waals surface area (Å²) in [6.45, 7) is 4.91. The summed E-state index contributed by atoms with van der Waals surface area (Å²) in [5.74, 6) is -1.05. The van der Waals surface area contributed by atoms with Crippen molar-refractivity contribution in [1.82, 2.24) is 9.21 Å². The second kappa shape index (κ2) is 7.52. The summed E-state index contributed by atoms with van der Waals surface area (Å²) in [6, 6.07) is 2.82. The molecule has 1 aromatic rings. The molecule has 0 bridgehead atoms. The lowest BCUT2D eigenvalue weighted by molar-refractivity contribution is -0.0432. The van der Waals surface area contributed by atoms with Crippen LogP contribution in [-0.2, 0) is 14.8 Å². The molecule has 1 fully saturated rings. The minimum absolute atomic E-state index is 0.00734. The highest BCUT2D eigenvalue weighted by Gasteiger charge is 2.42. The second-order valence-electron chi connectivity index (χ2n) is 8.23. The third kappa shape index (κ3) is 3.53. The highest BCUT2D eigenvalue weighted by Crippen LogP contribution is 2.40. The zero-order valence-electron chi connectivity index (χ0n) is 16.6. The van der Waals surface area contributed by atoms with Gasteiger partial charge in [-0.3, -0.25) is 4.31 Å². The Balaban J connectivity index is 1.50. The SMILES string of the molecule is CC(C)S(=O)(=O)N1CCC2=C1CCN2C1COC(c2cc(F)ccc2F)C(N)C1. The first-order valence-electron chi connectivity index (χ1n) is 10.0. The molecule has 29 heavy (non-hydrogen) atoms. The molecule has 0 spiro atoms. The number of hydrogen-bond acceptors (Lipinski definition) is 5. The van der Waals surface area contributed by atoms with Gasteiger partial charge < -0.3 is 15.4 Å². The third-order valence-corrected chi connectivity index (χ3v) is 8.34. The van der Waals surface area contributed by atoms with E-state index in [1.165, 1.54) is 0 Å². The molecular weight excluding hydrogens is 400 g/mol. The van der Waals surface area contributed by atoms with Gasteiger partial charge in [0, 0.05) is 48.9 Å². The van der Waals surface area contributed by atoms with E-state index in [0.29, 0.717) is 39.0 Å². The van der Waals surface area contributed by atoms with Crippen LogP contribution in [0.1, 0.15) is 44.8 Å². The van der Waals surface area contributed by atoms with Crippen molar-refractivity contribution in [2.45, 2.75) is 56.5 Å². The van der Waals surface area contributed by atoms with Gasteiger partial charge in [-0.05, 0) is 38.5 Å². The maximum absolute atomic E-state index is 14.1. The molecule has 0 aromatic heterocycles. The van der Waals surface area contributed by atoms with Gasteiger partial charge in [0.05, 0.1) is 17.9 Å². The van der Waals surface area contributed by atoms with Crippen LogP contribution in [0, 0.1) is 11.6 Å². The number of benzene rings is 1. The Bertz CT molecular complexity index is 935. The molecule has 3 atom stereocenters. The van der Waals surface area contributed by atoms with E-state index in [1.54, 1.807) is 18.2 Å². The van der Waals surface area contributed by atoms with Crippen molar-refractivity contribution >= 4 is 10.0 Å². The summed E-state index contributed by atoms with van der Waals surface area (Å²) >= 11 is 0. The van der Waals surface area contributed by atoms with E-state index in [0.717, 1.165) is 29.6 Å². The molecule has 4 rings (SSSR count). The summed E-state index contributed by atoms with van der Waals surface area (Å²) in [4.78, 5) is 2.20. The molecule has 9 heteroatoms. The van der Waals surface area contributed by atoms with Gasteiger partial charge in [-0.2, -0.15) is 0 Å². The molecule has 1 saturated heterocycles. The van der Waals surface area contributed by atoms with Crippen LogP contribution in [0.25, 0.3) is 0 Å². The van der Waals surface area contributed by atoms with Gasteiger partial charge in [-0.25, -0.2) is 17.2 Å². The molecule has 3 aliphatic rings. The molecule has 3 heterocycles. The summed E-state index contributed by atoms with van der Waals surface area (Å²) in [6.07, 6.45) is 1.22. The Hall–Kier alpha value is -1.71. The van der Waals surface area contributed by atoms with Crippen molar-refractivity contribution in [2.75, 3.05) is 19.7 Å². The molecule has 0 saturated carbocycles. The average molecular weight is 428 g/mol. The lowest BCUT2D eigenvalue weighted by atomic mass is 9.93.